The van der Waals surface area contributed by atoms with Crippen LogP contribution in [-0.2, 0) is 14.3 Å². The normalized spacial score (nSPS) is 24.8. The molecule has 4 atom stereocenters. The van der Waals surface area contributed by atoms with E-state index in [-0.39, 0.29) is 17.4 Å². The van der Waals surface area contributed by atoms with Crippen LogP contribution in [0.2, 0.25) is 0 Å². The molecule has 4 aromatic carbocycles. The molecule has 0 aliphatic carbocycles. The third-order valence-corrected chi connectivity index (χ3v) is 10.4. The summed E-state index contributed by atoms with van der Waals surface area (Å²) in [6, 6.07) is 36.2. The van der Waals surface area contributed by atoms with Crippen LogP contribution in [0.4, 0.5) is 0 Å². The summed E-state index contributed by atoms with van der Waals surface area (Å²) in [6.45, 7) is 3.91. The summed E-state index contributed by atoms with van der Waals surface area (Å²) in [5.74, 6) is -1.09. The molecule has 0 bridgehead atoms. The number of carbonyl (C=O) groups excluding carboxylic acids is 3. The van der Waals surface area contributed by atoms with Crippen molar-refractivity contribution in [3.05, 3.63) is 144 Å². The smallest absolute Gasteiger partial charge is 0.331 e. The Hall–Kier alpha value is -4.69. The van der Waals surface area contributed by atoms with Crippen molar-refractivity contribution in [2.24, 2.45) is 10.5 Å². The van der Waals surface area contributed by atoms with Gasteiger partial charge in [0.1, 0.15) is 17.1 Å². The topological polar surface area (TPSA) is 88.1 Å². The minimum atomic E-state index is -1.29. The molecule has 0 aromatic heterocycles. The van der Waals surface area contributed by atoms with E-state index in [1.54, 1.807) is 29.2 Å². The second-order valence-electron chi connectivity index (χ2n) is 11.8. The molecule has 2 fully saturated rings. The quantitative estimate of drug-likeness (QED) is 0.160. The summed E-state index contributed by atoms with van der Waals surface area (Å²) in [6.07, 6.45) is -0.642. The third-order valence-electron chi connectivity index (χ3n) is 8.78. The number of rotatable bonds is 7. The zero-order valence-corrected chi connectivity index (χ0v) is 25.1. The van der Waals surface area contributed by atoms with E-state index >= 15 is 0 Å². The van der Waals surface area contributed by atoms with Crippen LogP contribution in [0.5, 0.6) is 0 Å². The van der Waals surface area contributed by atoms with Gasteiger partial charge < -0.3 is 15.1 Å². The molecule has 4 aromatic rings. The maximum absolute atomic E-state index is 14.7. The first kappa shape index (κ1) is 28.1. The molecule has 3 aliphatic rings. The molecule has 0 saturated carbocycles. The first-order valence-electron chi connectivity index (χ1n) is 14.6. The molecule has 0 unspecified atom stereocenters. The van der Waals surface area contributed by atoms with Crippen LogP contribution in [0.3, 0.4) is 0 Å². The first-order valence-corrected chi connectivity index (χ1v) is 15.5. The molecule has 1 spiro atoms. The van der Waals surface area contributed by atoms with Gasteiger partial charge in [-0.25, -0.2) is 4.79 Å². The summed E-state index contributed by atoms with van der Waals surface area (Å²) < 4.78 is 5.59. The Balaban J connectivity index is 1.26. The molecule has 7 rings (SSSR count). The number of nitrogens with one attached hydrogen (secondary N) is 1. The molecule has 220 valence electrons. The fraction of sp³-hybridized carbons (Fsp3) is 0.222. The summed E-state index contributed by atoms with van der Waals surface area (Å²) in [5, 5.41) is 4.03. The highest BCUT2D eigenvalue weighted by molar-refractivity contribution is 8.01. The predicted molar refractivity (Wildman–Crippen MR) is 170 cm³/mol. The summed E-state index contributed by atoms with van der Waals surface area (Å²) in [4.78, 5) is 44.4. The fourth-order valence-corrected chi connectivity index (χ4v) is 8.50. The van der Waals surface area contributed by atoms with Gasteiger partial charge in [0.2, 0.25) is 11.7 Å². The Morgan fingerprint density at radius 3 is 1.91 bits per heavy atom. The van der Waals surface area contributed by atoms with E-state index in [2.05, 4.69) is 10.5 Å². The van der Waals surface area contributed by atoms with Crippen molar-refractivity contribution in [2.45, 2.75) is 42.2 Å². The second-order valence-corrected chi connectivity index (χ2v) is 13.6. The summed E-state index contributed by atoms with van der Waals surface area (Å²) in [7, 11) is 0. The van der Waals surface area contributed by atoms with Gasteiger partial charge in [-0.05, 0) is 30.5 Å². The number of esters is 1. The van der Waals surface area contributed by atoms with E-state index in [0.29, 0.717) is 5.56 Å². The van der Waals surface area contributed by atoms with Crippen molar-refractivity contribution >= 4 is 35.1 Å². The van der Waals surface area contributed by atoms with Crippen LogP contribution in [0.1, 0.15) is 53.0 Å². The van der Waals surface area contributed by atoms with Gasteiger partial charge in [0.25, 0.3) is 0 Å². The van der Waals surface area contributed by atoms with Crippen LogP contribution >= 0.6 is 11.8 Å². The minimum absolute atomic E-state index is 0.174. The molecular weight excluding hydrogens is 570 g/mol. The highest BCUT2D eigenvalue weighted by Crippen LogP contribution is 2.64. The van der Waals surface area contributed by atoms with Gasteiger partial charge in [0.15, 0.2) is 11.5 Å². The zero-order chi connectivity index (χ0) is 30.5. The van der Waals surface area contributed by atoms with Crippen molar-refractivity contribution in [1.29, 1.82) is 0 Å². The second kappa shape index (κ2) is 10.8. The molecule has 1 amide bonds. The number of benzene rings is 4. The number of β-lactam (4-membered cyclic amide) rings is 1. The molecular formula is C36H31N3O4S. The highest BCUT2D eigenvalue weighted by atomic mass is 32.2. The summed E-state index contributed by atoms with van der Waals surface area (Å²) >= 11 is 1.52. The number of amides is 1. The number of hydrazone groups is 1. The van der Waals surface area contributed by atoms with Crippen LogP contribution < -0.4 is 5.43 Å². The number of nitrogens with zero attached hydrogens (tertiary/aromatic N) is 2. The van der Waals surface area contributed by atoms with E-state index in [9.17, 15) is 14.4 Å². The Kier molecular flexibility index (Phi) is 6.89. The van der Waals surface area contributed by atoms with Crippen LogP contribution in [0.15, 0.2) is 126 Å². The standard InChI is InChI=1S/C36H31N3O4S/c1-35(2)31(32(41)43-28(24-17-9-4-10-18-24)25-19-11-5-12-20-25)39-33(42)36(34(39)44-35)29(26-21-13-6-14-22-26)37-38-30(36)27(40)23-15-7-3-8-16-23/h3-22,28-29,31,34,37H,1-2H3/t29-,31-,34+,36-/m0/s1. The lowest BCUT2D eigenvalue weighted by atomic mass is 9.65. The largest absolute Gasteiger partial charge is 0.451 e. The van der Waals surface area contributed by atoms with Gasteiger partial charge >= 0.3 is 5.97 Å². The van der Waals surface area contributed by atoms with E-state index in [1.807, 2.05) is 111 Å². The Morgan fingerprint density at radius 2 is 1.34 bits per heavy atom. The zero-order valence-electron chi connectivity index (χ0n) is 24.3. The number of carbonyl (C=O) groups is 3. The van der Waals surface area contributed by atoms with Crippen molar-refractivity contribution in [3.63, 3.8) is 0 Å². The number of hydrogen-bond donors (Lipinski definition) is 1. The Morgan fingerprint density at radius 1 is 0.818 bits per heavy atom. The Bertz CT molecular complexity index is 1710. The molecule has 7 nitrogen and oxygen atoms in total. The predicted octanol–water partition coefficient (Wildman–Crippen LogP) is 5.95. The SMILES string of the molecule is CC1(C)S[C@H]2N(C(=O)[C@]23C(C(=O)c2ccccc2)=NN[C@H]3c2ccccc2)[C@H]1C(=O)OC(c1ccccc1)c1ccccc1. The van der Waals surface area contributed by atoms with Crippen molar-refractivity contribution in [2.75, 3.05) is 0 Å². The molecule has 3 heterocycles. The number of Topliss-reactive ketones (excluding diaryl/α,β-unsaturated/α-hetero) is 1. The van der Waals surface area contributed by atoms with Crippen LogP contribution in [-0.4, -0.2) is 44.4 Å². The fourth-order valence-electron chi connectivity index (χ4n) is 6.72. The Labute approximate surface area is 260 Å². The molecule has 8 heteroatoms. The number of ketones is 1. The minimum Gasteiger partial charge on any atom is -0.451 e. The maximum atomic E-state index is 14.7. The molecule has 0 radical (unpaired) electrons. The van der Waals surface area contributed by atoms with E-state index in [4.69, 9.17) is 4.74 Å². The lowest BCUT2D eigenvalue weighted by Gasteiger charge is -2.53. The summed E-state index contributed by atoms with van der Waals surface area (Å²) in [5.41, 5.74) is 5.01. The van der Waals surface area contributed by atoms with Crippen molar-refractivity contribution in [1.82, 2.24) is 10.3 Å². The van der Waals surface area contributed by atoms with Gasteiger partial charge in [-0.3, -0.25) is 9.59 Å². The number of ether oxygens (including phenoxy) is 1. The molecule has 2 saturated heterocycles. The lowest BCUT2D eigenvalue weighted by molar-refractivity contribution is -0.173. The molecule has 44 heavy (non-hydrogen) atoms. The van der Waals surface area contributed by atoms with Crippen molar-refractivity contribution < 1.29 is 19.1 Å². The molecule has 3 aliphatic heterocycles. The maximum Gasteiger partial charge on any atom is 0.331 e. The average Bonchev–Trinajstić information content (AvgIpc) is 3.60. The van der Waals surface area contributed by atoms with Crippen LogP contribution in [0.25, 0.3) is 0 Å². The van der Waals surface area contributed by atoms with Gasteiger partial charge in [0, 0.05) is 10.3 Å². The van der Waals surface area contributed by atoms with Gasteiger partial charge in [-0.1, -0.05) is 121 Å². The monoisotopic (exact) mass is 601 g/mol. The van der Waals surface area contributed by atoms with Crippen molar-refractivity contribution in [3.8, 4) is 0 Å². The number of hydrogen-bond acceptors (Lipinski definition) is 7. The number of fused-ring (bicyclic) bond motifs is 2. The van der Waals surface area contributed by atoms with Gasteiger partial charge in [0.05, 0.1) is 6.04 Å². The van der Waals surface area contributed by atoms with Crippen LogP contribution in [0, 0.1) is 5.41 Å². The van der Waals surface area contributed by atoms with E-state index in [1.165, 1.54) is 11.8 Å². The average molecular weight is 602 g/mol. The van der Waals surface area contributed by atoms with E-state index < -0.39 is 39.7 Å². The van der Waals surface area contributed by atoms with Gasteiger partial charge in [-0.15, -0.1) is 11.8 Å². The number of thioether (sulfide) groups is 1. The lowest BCUT2D eigenvalue weighted by Crippen LogP contribution is -2.74. The highest BCUT2D eigenvalue weighted by Gasteiger charge is 2.78. The van der Waals surface area contributed by atoms with E-state index in [0.717, 1.165) is 16.7 Å². The molecule has 1 N–H and O–H groups in total. The van der Waals surface area contributed by atoms with Gasteiger partial charge in [-0.2, -0.15) is 5.10 Å². The third kappa shape index (κ3) is 4.27. The first-order chi connectivity index (χ1) is 21.3.